The first kappa shape index (κ1) is 43.9. The second-order valence-corrected chi connectivity index (χ2v) is 13.0. The van der Waals surface area contributed by atoms with Gasteiger partial charge in [-0.2, -0.15) is 0 Å². The molecule has 288 valence electrons. The van der Waals surface area contributed by atoms with Crippen molar-refractivity contribution < 1.29 is 69.0 Å². The number of ether oxygens (including phenoxy) is 6. The van der Waals surface area contributed by atoms with E-state index in [1.165, 1.54) is 32.1 Å². The summed E-state index contributed by atoms with van der Waals surface area (Å²) in [5.74, 6) is -0.405. The summed E-state index contributed by atoms with van der Waals surface area (Å²) in [5.41, 5.74) is 0. The van der Waals surface area contributed by atoms with Crippen LogP contribution in [-0.2, 0) is 33.2 Å². The summed E-state index contributed by atoms with van der Waals surface area (Å²) in [6.07, 6.45) is 2.54. The molecule has 11 atom stereocenters. The van der Waals surface area contributed by atoms with E-state index >= 15 is 0 Å². The molecular formula is C35H64O14. The van der Waals surface area contributed by atoms with Crippen LogP contribution in [0.15, 0.2) is 12.2 Å². The van der Waals surface area contributed by atoms with E-state index in [4.69, 9.17) is 28.4 Å². The molecule has 14 nitrogen and oxygen atoms in total. The molecule has 0 aliphatic carbocycles. The van der Waals surface area contributed by atoms with Crippen molar-refractivity contribution in [2.45, 2.75) is 171 Å². The Morgan fingerprint density at radius 1 is 0.653 bits per heavy atom. The fourth-order valence-electron chi connectivity index (χ4n) is 5.62. The van der Waals surface area contributed by atoms with Gasteiger partial charge in [-0.25, -0.2) is 0 Å². The fourth-order valence-corrected chi connectivity index (χ4v) is 5.62. The summed E-state index contributed by atoms with van der Waals surface area (Å²) in [5, 5.41) is 71.2. The molecule has 11 unspecified atom stereocenters. The van der Waals surface area contributed by atoms with E-state index < -0.39 is 86.7 Å². The number of rotatable bonds is 26. The zero-order valence-electron chi connectivity index (χ0n) is 29.4. The molecule has 2 saturated heterocycles. The van der Waals surface area contributed by atoms with Crippen LogP contribution in [0.3, 0.4) is 0 Å². The average Bonchev–Trinajstić information content (AvgIpc) is 3.09. The smallest absolute Gasteiger partial charge is 0.306 e. The molecule has 0 bridgehead atoms. The number of aliphatic hydroxyl groups excluding tert-OH is 7. The number of carbonyl (C=O) groups is 1. The standard InChI is InChI=1S/C35H64O14/c1-3-5-7-8-9-10-11-12-13-14-15-17-19-44-21-24(47-27(37)18-16-6-4-2)22-45-34-33(43)31(41)29(39)26(49-34)23-46-35-32(42)30(40)28(38)25(20-36)48-35/h8-9,24-26,28-36,38-43H,3-7,10-23H2,1-2H3/b9-8-. The molecule has 0 spiro atoms. The molecule has 49 heavy (non-hydrogen) atoms. The lowest BCUT2D eigenvalue weighted by Gasteiger charge is -2.42. The van der Waals surface area contributed by atoms with Crippen molar-refractivity contribution in [3.63, 3.8) is 0 Å². The van der Waals surface area contributed by atoms with Gasteiger partial charge in [-0.05, 0) is 32.1 Å². The number of hydrogen-bond acceptors (Lipinski definition) is 14. The molecule has 0 aromatic carbocycles. The third-order valence-corrected chi connectivity index (χ3v) is 8.77. The Balaban J connectivity index is 1.82. The summed E-state index contributed by atoms with van der Waals surface area (Å²) >= 11 is 0. The van der Waals surface area contributed by atoms with Gasteiger partial charge in [-0.15, -0.1) is 0 Å². The molecule has 14 heteroatoms. The maximum absolute atomic E-state index is 12.5. The van der Waals surface area contributed by atoms with Crippen LogP contribution in [0.25, 0.3) is 0 Å². The van der Waals surface area contributed by atoms with E-state index in [1.807, 2.05) is 6.92 Å². The summed E-state index contributed by atoms with van der Waals surface area (Å²) in [6.45, 7) is 3.41. The molecule has 0 aromatic heterocycles. The lowest BCUT2D eigenvalue weighted by molar-refractivity contribution is -0.332. The summed E-state index contributed by atoms with van der Waals surface area (Å²) in [4.78, 5) is 12.5. The normalized spacial score (nSPS) is 31.3. The van der Waals surface area contributed by atoms with Gasteiger partial charge in [-0.1, -0.05) is 77.4 Å². The number of allylic oxidation sites excluding steroid dienone is 2. The first-order valence-electron chi connectivity index (χ1n) is 18.3. The molecule has 7 N–H and O–H groups in total. The molecule has 0 saturated carbocycles. The van der Waals surface area contributed by atoms with Crippen LogP contribution in [0.2, 0.25) is 0 Å². The molecule has 2 aliphatic rings. The van der Waals surface area contributed by atoms with Crippen molar-refractivity contribution in [1.29, 1.82) is 0 Å². The molecule has 2 heterocycles. The van der Waals surface area contributed by atoms with Crippen LogP contribution in [0.5, 0.6) is 0 Å². The first-order chi connectivity index (χ1) is 23.6. The predicted molar refractivity (Wildman–Crippen MR) is 178 cm³/mol. The van der Waals surface area contributed by atoms with Crippen LogP contribution in [0.4, 0.5) is 0 Å². The van der Waals surface area contributed by atoms with Gasteiger partial charge in [0.05, 0.1) is 26.4 Å². The third-order valence-electron chi connectivity index (χ3n) is 8.77. The lowest BCUT2D eigenvalue weighted by atomic mass is 9.98. The van der Waals surface area contributed by atoms with Crippen LogP contribution in [0.1, 0.15) is 104 Å². The Kier molecular flexibility index (Phi) is 23.0. The van der Waals surface area contributed by atoms with Gasteiger partial charge in [0.15, 0.2) is 12.6 Å². The minimum atomic E-state index is -1.70. The predicted octanol–water partition coefficient (Wildman–Crippen LogP) is 1.61. The van der Waals surface area contributed by atoms with E-state index in [-0.39, 0.29) is 19.6 Å². The first-order valence-corrected chi connectivity index (χ1v) is 18.3. The number of aliphatic hydroxyl groups is 7. The molecule has 0 radical (unpaired) electrons. The maximum atomic E-state index is 12.5. The minimum absolute atomic E-state index is 0.0571. The summed E-state index contributed by atoms with van der Waals surface area (Å²) < 4.78 is 33.6. The largest absolute Gasteiger partial charge is 0.457 e. The van der Waals surface area contributed by atoms with Crippen LogP contribution >= 0.6 is 0 Å². The zero-order chi connectivity index (χ0) is 36.0. The van der Waals surface area contributed by atoms with Gasteiger partial charge in [-0.3, -0.25) is 4.79 Å². The van der Waals surface area contributed by atoms with E-state index in [1.54, 1.807) is 0 Å². The van der Waals surface area contributed by atoms with Crippen LogP contribution in [0, 0.1) is 0 Å². The molecule has 2 fully saturated rings. The molecule has 0 amide bonds. The third kappa shape index (κ3) is 16.3. The Hall–Kier alpha value is -1.27. The van der Waals surface area contributed by atoms with E-state index in [0.717, 1.165) is 44.9 Å². The van der Waals surface area contributed by atoms with Gasteiger partial charge in [0.2, 0.25) is 0 Å². The Labute approximate surface area is 291 Å². The number of hydrogen-bond donors (Lipinski definition) is 7. The van der Waals surface area contributed by atoms with Gasteiger partial charge in [0.1, 0.15) is 54.9 Å². The average molecular weight is 709 g/mol. The van der Waals surface area contributed by atoms with Crippen molar-refractivity contribution in [1.82, 2.24) is 0 Å². The fraction of sp³-hybridized carbons (Fsp3) is 0.914. The number of unbranched alkanes of at least 4 members (excludes halogenated alkanes) is 10. The van der Waals surface area contributed by atoms with Crippen LogP contribution < -0.4 is 0 Å². The second-order valence-electron chi connectivity index (χ2n) is 13.0. The molecule has 0 aromatic rings. The SMILES string of the molecule is CCCC/C=C\CCCCCCCCOCC(COC1OC(COC2OC(CO)C(O)C(O)C2O)C(O)C(O)C1O)OC(=O)CCCCC. The van der Waals surface area contributed by atoms with Crippen molar-refractivity contribution in [2.24, 2.45) is 0 Å². The summed E-state index contributed by atoms with van der Waals surface area (Å²) in [7, 11) is 0. The van der Waals surface area contributed by atoms with Gasteiger partial charge >= 0.3 is 5.97 Å². The highest BCUT2D eigenvalue weighted by molar-refractivity contribution is 5.69. The van der Waals surface area contributed by atoms with E-state index in [9.17, 15) is 40.5 Å². The Bertz CT molecular complexity index is 875. The second kappa shape index (κ2) is 25.6. The van der Waals surface area contributed by atoms with Gasteiger partial charge in [0, 0.05) is 13.0 Å². The molecular weight excluding hydrogens is 644 g/mol. The van der Waals surface area contributed by atoms with Crippen molar-refractivity contribution in [3.8, 4) is 0 Å². The zero-order valence-corrected chi connectivity index (χ0v) is 29.4. The summed E-state index contributed by atoms with van der Waals surface area (Å²) in [6, 6.07) is 0. The number of carbonyl (C=O) groups excluding carboxylic acids is 1. The quantitative estimate of drug-likeness (QED) is 0.0387. The monoisotopic (exact) mass is 708 g/mol. The van der Waals surface area contributed by atoms with Gasteiger partial charge in [0.25, 0.3) is 0 Å². The maximum Gasteiger partial charge on any atom is 0.306 e. The highest BCUT2D eigenvalue weighted by Gasteiger charge is 2.47. The van der Waals surface area contributed by atoms with Crippen molar-refractivity contribution in [2.75, 3.05) is 33.0 Å². The Morgan fingerprint density at radius 2 is 1.22 bits per heavy atom. The van der Waals surface area contributed by atoms with Crippen LogP contribution in [-0.4, -0.2) is 142 Å². The topological polar surface area (TPSA) is 214 Å². The molecule has 2 aliphatic heterocycles. The lowest BCUT2D eigenvalue weighted by Crippen LogP contribution is -2.61. The molecule has 2 rings (SSSR count). The highest BCUT2D eigenvalue weighted by Crippen LogP contribution is 2.26. The van der Waals surface area contributed by atoms with Crippen molar-refractivity contribution in [3.05, 3.63) is 12.2 Å². The van der Waals surface area contributed by atoms with Crippen molar-refractivity contribution >= 4 is 5.97 Å². The van der Waals surface area contributed by atoms with E-state index in [0.29, 0.717) is 13.0 Å². The Morgan fingerprint density at radius 3 is 1.88 bits per heavy atom. The van der Waals surface area contributed by atoms with E-state index in [2.05, 4.69) is 19.1 Å². The minimum Gasteiger partial charge on any atom is -0.457 e. The number of esters is 1. The van der Waals surface area contributed by atoms with Gasteiger partial charge < -0.3 is 64.2 Å². The highest BCUT2D eigenvalue weighted by atomic mass is 16.7.